The van der Waals surface area contributed by atoms with Gasteiger partial charge in [0.25, 0.3) is 0 Å². The van der Waals surface area contributed by atoms with Gasteiger partial charge in [-0.3, -0.25) is 0 Å². The Balaban J connectivity index is 2.59. The first-order valence-corrected chi connectivity index (χ1v) is 3.35. The molecule has 5 heteroatoms. The number of carbonyl (C=O) groups is 1. The molecule has 1 rings (SSSR count). The first-order valence-electron chi connectivity index (χ1n) is 3.35. The van der Waals surface area contributed by atoms with Crippen molar-refractivity contribution in [2.75, 3.05) is 5.32 Å². The average molecular weight is 166 g/mol. The molecular formula is C7H10N4O. The molecule has 0 bridgehead atoms. The second-order valence-electron chi connectivity index (χ2n) is 2.20. The number of hydrogen-bond acceptors (Lipinski definition) is 3. The van der Waals surface area contributed by atoms with Crippen molar-refractivity contribution in [2.45, 2.75) is 0 Å². The Bertz CT molecular complexity index is 259. The number of nitrogens with two attached hydrogens (primary N) is 2. The highest BCUT2D eigenvalue weighted by Gasteiger charge is 2.02. The Kier molecular flexibility index (Phi) is 2.62. The Labute approximate surface area is 69.9 Å². The van der Waals surface area contributed by atoms with Gasteiger partial charge in [0.1, 0.15) is 0 Å². The molecule has 1 aromatic rings. The number of hydrogen-bond donors (Lipinski definition) is 3. The molecule has 0 saturated carbocycles. The average Bonchev–Trinajstić information content (AvgIpc) is 2.06. The molecular weight excluding hydrogens is 156 g/mol. The standard InChI is InChI=1S/C7H10N4O/c8-11(9)7(12)10-6-4-2-1-3-5-6/h1-5H,8-9H2,(H,10,12). The molecule has 0 unspecified atom stereocenters. The minimum absolute atomic E-state index is 0.493. The number of nitrogens with zero attached hydrogens (tertiary/aromatic N) is 1. The Hall–Kier alpha value is -1.59. The normalized spacial score (nSPS) is 9.17. The maximum Gasteiger partial charge on any atom is 0.350 e. The molecule has 1 aromatic carbocycles. The lowest BCUT2D eigenvalue weighted by Crippen LogP contribution is -2.45. The van der Waals surface area contributed by atoms with Crippen molar-refractivity contribution >= 4 is 11.7 Å². The van der Waals surface area contributed by atoms with Gasteiger partial charge < -0.3 is 5.32 Å². The van der Waals surface area contributed by atoms with E-state index in [0.717, 1.165) is 0 Å². The fraction of sp³-hybridized carbons (Fsp3) is 0. The van der Waals surface area contributed by atoms with Gasteiger partial charge in [0.2, 0.25) is 0 Å². The van der Waals surface area contributed by atoms with Crippen molar-refractivity contribution in [2.24, 2.45) is 11.7 Å². The summed E-state index contributed by atoms with van der Waals surface area (Å²) in [6, 6.07) is 8.36. The van der Waals surface area contributed by atoms with E-state index in [1.807, 2.05) is 6.07 Å². The highest BCUT2D eigenvalue weighted by atomic mass is 16.2. The van der Waals surface area contributed by atoms with Gasteiger partial charge in [-0.05, 0) is 12.1 Å². The fourth-order valence-corrected chi connectivity index (χ4v) is 0.710. The lowest BCUT2D eigenvalue weighted by molar-refractivity contribution is 0.214. The SMILES string of the molecule is NN(N)C(=O)Nc1ccccc1. The van der Waals surface area contributed by atoms with E-state index in [-0.39, 0.29) is 0 Å². The van der Waals surface area contributed by atoms with Crippen LogP contribution in [0.2, 0.25) is 0 Å². The molecule has 0 aliphatic rings. The molecule has 0 radical (unpaired) electrons. The van der Waals surface area contributed by atoms with Crippen LogP contribution in [-0.2, 0) is 0 Å². The number of anilines is 1. The summed E-state index contributed by atoms with van der Waals surface area (Å²) in [5, 5.41) is 2.97. The van der Waals surface area contributed by atoms with Crippen molar-refractivity contribution in [3.05, 3.63) is 30.3 Å². The third-order valence-corrected chi connectivity index (χ3v) is 1.26. The van der Waals surface area contributed by atoms with Gasteiger partial charge in [-0.15, -0.1) is 0 Å². The second-order valence-corrected chi connectivity index (χ2v) is 2.20. The first kappa shape index (κ1) is 8.51. The summed E-state index contributed by atoms with van der Waals surface area (Å²) in [7, 11) is 0. The van der Waals surface area contributed by atoms with Gasteiger partial charge in [-0.25, -0.2) is 16.5 Å². The third kappa shape index (κ3) is 2.22. The first-order chi connectivity index (χ1) is 5.70. The Morgan fingerprint density at radius 1 is 1.25 bits per heavy atom. The van der Waals surface area contributed by atoms with Crippen LogP contribution in [-0.4, -0.2) is 11.1 Å². The molecule has 12 heavy (non-hydrogen) atoms. The summed E-state index contributed by atoms with van der Waals surface area (Å²) in [5.74, 6) is 9.97. The van der Waals surface area contributed by atoms with Crippen molar-refractivity contribution in [1.29, 1.82) is 0 Å². The maximum absolute atomic E-state index is 10.9. The fourth-order valence-electron chi connectivity index (χ4n) is 0.710. The zero-order valence-corrected chi connectivity index (χ0v) is 6.40. The Morgan fingerprint density at radius 3 is 2.33 bits per heavy atom. The van der Waals surface area contributed by atoms with Crippen molar-refractivity contribution in [3.63, 3.8) is 0 Å². The van der Waals surface area contributed by atoms with Gasteiger partial charge in [0, 0.05) is 5.69 Å². The van der Waals surface area contributed by atoms with Gasteiger partial charge in [-0.2, -0.15) is 5.12 Å². The van der Waals surface area contributed by atoms with E-state index in [4.69, 9.17) is 11.7 Å². The number of nitrogens with one attached hydrogen (secondary N) is 1. The largest absolute Gasteiger partial charge is 0.350 e. The lowest BCUT2D eigenvalue weighted by Gasteiger charge is -2.10. The third-order valence-electron chi connectivity index (χ3n) is 1.26. The predicted molar refractivity (Wildman–Crippen MR) is 45.7 cm³/mol. The molecule has 0 saturated heterocycles. The number of benzene rings is 1. The zero-order valence-electron chi connectivity index (χ0n) is 6.40. The summed E-state index contributed by atoms with van der Waals surface area (Å²) in [4.78, 5) is 10.9. The predicted octanol–water partition coefficient (Wildman–Crippen LogP) is 0.268. The number of amides is 2. The van der Waals surface area contributed by atoms with Crippen LogP contribution in [0.1, 0.15) is 0 Å². The van der Waals surface area contributed by atoms with Crippen LogP contribution in [0.15, 0.2) is 30.3 Å². The summed E-state index contributed by atoms with van der Waals surface area (Å²) in [6.45, 7) is 0. The van der Waals surface area contributed by atoms with E-state index in [1.165, 1.54) is 0 Å². The monoisotopic (exact) mass is 166 g/mol. The highest BCUT2D eigenvalue weighted by molar-refractivity contribution is 5.88. The zero-order chi connectivity index (χ0) is 8.97. The number of para-hydroxylation sites is 1. The molecule has 5 N–H and O–H groups in total. The van der Waals surface area contributed by atoms with Crippen LogP contribution in [0.25, 0.3) is 0 Å². The molecule has 0 fully saturated rings. The molecule has 0 atom stereocenters. The molecule has 0 aliphatic heterocycles. The van der Waals surface area contributed by atoms with Gasteiger partial charge in [0.15, 0.2) is 0 Å². The van der Waals surface area contributed by atoms with Gasteiger partial charge in [-0.1, -0.05) is 18.2 Å². The number of hydrazine groups is 2. The van der Waals surface area contributed by atoms with Crippen LogP contribution in [0.4, 0.5) is 10.5 Å². The molecule has 0 aliphatic carbocycles. The number of rotatable bonds is 1. The second kappa shape index (κ2) is 3.70. The Morgan fingerprint density at radius 2 is 1.83 bits per heavy atom. The quantitative estimate of drug-likeness (QED) is 0.318. The van der Waals surface area contributed by atoms with Gasteiger partial charge >= 0.3 is 6.03 Å². The van der Waals surface area contributed by atoms with Gasteiger partial charge in [0.05, 0.1) is 0 Å². The molecule has 0 spiro atoms. The molecule has 0 heterocycles. The van der Waals surface area contributed by atoms with Crippen LogP contribution in [0, 0.1) is 0 Å². The van der Waals surface area contributed by atoms with E-state index in [9.17, 15) is 4.79 Å². The van der Waals surface area contributed by atoms with E-state index in [1.54, 1.807) is 24.3 Å². The van der Waals surface area contributed by atoms with E-state index in [2.05, 4.69) is 5.32 Å². The van der Waals surface area contributed by atoms with E-state index in [0.29, 0.717) is 10.8 Å². The van der Waals surface area contributed by atoms with E-state index < -0.39 is 6.03 Å². The lowest BCUT2D eigenvalue weighted by atomic mass is 10.3. The molecule has 0 aromatic heterocycles. The number of carbonyl (C=O) groups excluding carboxylic acids is 1. The van der Waals surface area contributed by atoms with Crippen LogP contribution >= 0.6 is 0 Å². The van der Waals surface area contributed by atoms with Crippen molar-refractivity contribution < 1.29 is 4.79 Å². The highest BCUT2D eigenvalue weighted by Crippen LogP contribution is 2.04. The summed E-state index contributed by atoms with van der Waals surface area (Å²) in [6.07, 6.45) is 0. The maximum atomic E-state index is 10.9. The van der Waals surface area contributed by atoms with E-state index >= 15 is 0 Å². The van der Waals surface area contributed by atoms with Crippen LogP contribution in [0.3, 0.4) is 0 Å². The molecule has 5 nitrogen and oxygen atoms in total. The molecule has 2 amide bonds. The summed E-state index contributed by atoms with van der Waals surface area (Å²) < 4.78 is 0. The molecule has 64 valence electrons. The smallest absolute Gasteiger partial charge is 0.306 e. The minimum Gasteiger partial charge on any atom is -0.306 e. The van der Waals surface area contributed by atoms with Crippen LogP contribution in [0.5, 0.6) is 0 Å². The van der Waals surface area contributed by atoms with Crippen molar-refractivity contribution in [3.8, 4) is 0 Å². The summed E-state index contributed by atoms with van der Waals surface area (Å²) in [5.41, 5.74) is 0.656. The summed E-state index contributed by atoms with van der Waals surface area (Å²) >= 11 is 0. The topological polar surface area (TPSA) is 84.4 Å². The van der Waals surface area contributed by atoms with Crippen molar-refractivity contribution in [1.82, 2.24) is 5.12 Å². The minimum atomic E-state index is -0.554. The number of urea groups is 1. The van der Waals surface area contributed by atoms with Crippen LogP contribution < -0.4 is 17.0 Å².